The number of amides is 1. The average molecular weight is 528 g/mol. The fraction of sp³-hybridized carbons (Fsp3) is 0.241. The highest BCUT2D eigenvalue weighted by Gasteiger charge is 2.48. The quantitative estimate of drug-likeness (QED) is 0.248. The Morgan fingerprint density at radius 3 is 2.37 bits per heavy atom. The van der Waals surface area contributed by atoms with E-state index in [-0.39, 0.29) is 18.0 Å². The summed E-state index contributed by atoms with van der Waals surface area (Å²) in [5.41, 5.74) is 26.7. The van der Waals surface area contributed by atoms with E-state index in [4.69, 9.17) is 27.7 Å². The Kier molecular flexibility index (Phi) is 5.96. The van der Waals surface area contributed by atoms with Crippen LogP contribution in [-0.4, -0.2) is 23.8 Å². The van der Waals surface area contributed by atoms with Gasteiger partial charge in [-0.2, -0.15) is 0 Å². The zero-order valence-electron chi connectivity index (χ0n) is 20.6. The molecule has 1 amide bonds. The average Bonchev–Trinajstić information content (AvgIpc) is 3.52. The maximum atomic E-state index is 13.9. The maximum absolute atomic E-state index is 13.9. The number of nitrogens with two attached hydrogens (primary N) is 4. The standard InChI is InChI=1S/C29H29N5O3S/c30-19-7-4-8-21(19)34-28(36)26-23-22-18(13-14-20(31)25(22)38-26)29(33,27(35)24(23)32)15-9-11-17(12-10-15)37-16-5-2-1-3-6-16/h1-3,5-6,9-14,19,21,24H,4,7-8,30-33H2,(H,34,36)/t19-,21-,24?,29?/m0/s1. The Hall–Kier alpha value is -3.76. The van der Waals surface area contributed by atoms with Crippen LogP contribution in [0, 0.1) is 0 Å². The summed E-state index contributed by atoms with van der Waals surface area (Å²) in [6.45, 7) is 0. The van der Waals surface area contributed by atoms with Gasteiger partial charge < -0.3 is 33.0 Å². The number of thiophene rings is 1. The van der Waals surface area contributed by atoms with Crippen molar-refractivity contribution >= 4 is 38.8 Å². The molecule has 0 spiro atoms. The highest BCUT2D eigenvalue weighted by molar-refractivity contribution is 7.21. The Labute approximate surface area is 223 Å². The van der Waals surface area contributed by atoms with Gasteiger partial charge in [0, 0.05) is 28.7 Å². The summed E-state index contributed by atoms with van der Waals surface area (Å²) in [6, 6.07) is 18.7. The highest BCUT2D eigenvalue weighted by Crippen LogP contribution is 2.49. The van der Waals surface area contributed by atoms with E-state index in [1.165, 1.54) is 11.3 Å². The Morgan fingerprint density at radius 1 is 0.974 bits per heavy atom. The molecule has 1 heterocycles. The van der Waals surface area contributed by atoms with Crippen molar-refractivity contribution in [3.8, 4) is 11.5 Å². The minimum atomic E-state index is -1.52. The minimum Gasteiger partial charge on any atom is -0.457 e. The van der Waals surface area contributed by atoms with Crippen LogP contribution in [0.3, 0.4) is 0 Å². The van der Waals surface area contributed by atoms with Gasteiger partial charge in [0.05, 0.1) is 15.6 Å². The summed E-state index contributed by atoms with van der Waals surface area (Å²) in [5, 5.41) is 3.73. The first-order chi connectivity index (χ1) is 18.3. The number of carbonyl (C=O) groups is 2. The van der Waals surface area contributed by atoms with Crippen LogP contribution in [0.2, 0.25) is 0 Å². The van der Waals surface area contributed by atoms with Crippen molar-refractivity contribution < 1.29 is 14.3 Å². The lowest BCUT2D eigenvalue weighted by molar-refractivity contribution is -0.124. The zero-order valence-corrected chi connectivity index (χ0v) is 21.5. The second kappa shape index (κ2) is 9.21. The molecule has 6 rings (SSSR count). The van der Waals surface area contributed by atoms with E-state index in [1.54, 1.807) is 36.4 Å². The number of anilines is 1. The molecule has 9 heteroatoms. The van der Waals surface area contributed by atoms with E-state index in [0.717, 1.165) is 19.3 Å². The third-order valence-corrected chi connectivity index (χ3v) is 8.95. The first kappa shape index (κ1) is 24.6. The predicted molar refractivity (Wildman–Crippen MR) is 149 cm³/mol. The monoisotopic (exact) mass is 527 g/mol. The molecule has 0 radical (unpaired) electrons. The van der Waals surface area contributed by atoms with Crippen LogP contribution < -0.4 is 33.0 Å². The van der Waals surface area contributed by atoms with Gasteiger partial charge in [0.2, 0.25) is 0 Å². The van der Waals surface area contributed by atoms with Crippen molar-refractivity contribution in [3.05, 3.63) is 88.3 Å². The van der Waals surface area contributed by atoms with Crippen LogP contribution >= 0.6 is 11.3 Å². The molecular weight excluding hydrogens is 498 g/mol. The fourth-order valence-corrected chi connectivity index (χ4v) is 6.86. The normalized spacial score (nSPS) is 24.5. The van der Waals surface area contributed by atoms with Gasteiger partial charge in [0.1, 0.15) is 17.0 Å². The SMILES string of the molecule is Nc1ccc2c3c(c(C(=O)N[C@H]4CCC[C@@H]4N)sc13)C(N)C(=O)C2(N)c1ccc(Oc2ccccc2)cc1. The lowest BCUT2D eigenvalue weighted by Gasteiger charge is -2.36. The summed E-state index contributed by atoms with van der Waals surface area (Å²) >= 11 is 1.24. The summed E-state index contributed by atoms with van der Waals surface area (Å²) < 4.78 is 6.60. The number of para-hydroxylation sites is 1. The van der Waals surface area contributed by atoms with Crippen LogP contribution in [0.25, 0.3) is 10.1 Å². The summed E-state index contributed by atoms with van der Waals surface area (Å²) in [5.74, 6) is 0.631. The maximum Gasteiger partial charge on any atom is 0.262 e. The molecule has 2 aliphatic rings. The van der Waals surface area contributed by atoms with E-state index < -0.39 is 17.4 Å². The number of Topliss-reactive ketones (excluding diaryl/α,β-unsaturated/α-hetero) is 1. The van der Waals surface area contributed by atoms with Gasteiger partial charge in [-0.15, -0.1) is 11.3 Å². The lowest BCUT2D eigenvalue weighted by atomic mass is 9.70. The summed E-state index contributed by atoms with van der Waals surface area (Å²) in [7, 11) is 0. The molecule has 194 valence electrons. The lowest BCUT2D eigenvalue weighted by Crippen LogP contribution is -2.52. The van der Waals surface area contributed by atoms with Gasteiger partial charge in [0.15, 0.2) is 5.78 Å². The number of carbonyl (C=O) groups excluding carboxylic acids is 2. The number of ketones is 1. The van der Waals surface area contributed by atoms with Crippen molar-refractivity contribution in [3.63, 3.8) is 0 Å². The molecule has 1 aromatic heterocycles. The number of benzene rings is 3. The van der Waals surface area contributed by atoms with Crippen LogP contribution in [0.1, 0.15) is 51.7 Å². The molecular formula is C29H29N5O3S. The minimum absolute atomic E-state index is 0.0915. The van der Waals surface area contributed by atoms with E-state index in [2.05, 4.69) is 5.32 Å². The van der Waals surface area contributed by atoms with Gasteiger partial charge in [-0.1, -0.05) is 36.4 Å². The Bertz CT molecular complexity index is 1550. The van der Waals surface area contributed by atoms with Gasteiger partial charge >= 0.3 is 0 Å². The van der Waals surface area contributed by atoms with Gasteiger partial charge in [-0.25, -0.2) is 0 Å². The van der Waals surface area contributed by atoms with Crippen molar-refractivity contribution in [2.75, 3.05) is 5.73 Å². The summed E-state index contributed by atoms with van der Waals surface area (Å²) in [4.78, 5) is 27.7. The second-order valence-electron chi connectivity index (χ2n) is 10.0. The molecule has 4 aromatic rings. The van der Waals surface area contributed by atoms with Crippen LogP contribution in [0.15, 0.2) is 66.7 Å². The molecule has 38 heavy (non-hydrogen) atoms. The molecule has 2 aliphatic carbocycles. The second-order valence-corrected chi connectivity index (χ2v) is 11.0. The van der Waals surface area contributed by atoms with Crippen LogP contribution in [-0.2, 0) is 10.3 Å². The molecule has 1 saturated carbocycles. The summed E-state index contributed by atoms with van der Waals surface area (Å²) in [6.07, 6.45) is 2.65. The highest BCUT2D eigenvalue weighted by atomic mass is 32.1. The molecule has 2 unspecified atom stereocenters. The fourth-order valence-electron chi connectivity index (χ4n) is 5.66. The number of nitrogens with one attached hydrogen (secondary N) is 1. The van der Waals surface area contributed by atoms with Gasteiger partial charge in [-0.05, 0) is 60.7 Å². The molecule has 8 nitrogen and oxygen atoms in total. The Morgan fingerprint density at radius 2 is 1.68 bits per heavy atom. The smallest absolute Gasteiger partial charge is 0.262 e. The number of hydrogen-bond acceptors (Lipinski definition) is 8. The topological polar surface area (TPSA) is 159 Å². The number of rotatable bonds is 5. The first-order valence-corrected chi connectivity index (χ1v) is 13.4. The zero-order chi connectivity index (χ0) is 26.6. The van der Waals surface area contributed by atoms with Crippen LogP contribution in [0.4, 0.5) is 5.69 Å². The van der Waals surface area contributed by atoms with Crippen LogP contribution in [0.5, 0.6) is 11.5 Å². The molecule has 0 aliphatic heterocycles. The number of hydrogen-bond donors (Lipinski definition) is 5. The third-order valence-electron chi connectivity index (χ3n) is 7.69. The molecule has 0 bridgehead atoms. The number of nitrogen functional groups attached to an aromatic ring is 1. The van der Waals surface area contributed by atoms with E-state index >= 15 is 0 Å². The molecule has 0 saturated heterocycles. The Balaban J connectivity index is 1.43. The van der Waals surface area contributed by atoms with Crippen molar-refractivity contribution in [1.29, 1.82) is 0 Å². The van der Waals surface area contributed by atoms with Crippen molar-refractivity contribution in [1.82, 2.24) is 5.32 Å². The first-order valence-electron chi connectivity index (χ1n) is 12.6. The van der Waals surface area contributed by atoms with Gasteiger partial charge in [-0.3, -0.25) is 9.59 Å². The van der Waals surface area contributed by atoms with Gasteiger partial charge in [0.25, 0.3) is 5.91 Å². The third kappa shape index (κ3) is 3.78. The predicted octanol–water partition coefficient (Wildman–Crippen LogP) is 3.67. The van der Waals surface area contributed by atoms with E-state index in [0.29, 0.717) is 48.8 Å². The largest absolute Gasteiger partial charge is 0.457 e. The molecule has 1 fully saturated rings. The van der Waals surface area contributed by atoms with Crippen molar-refractivity contribution in [2.45, 2.75) is 42.9 Å². The molecule has 3 aromatic carbocycles. The van der Waals surface area contributed by atoms with E-state index in [1.807, 2.05) is 30.3 Å². The molecule has 4 atom stereocenters. The molecule has 9 N–H and O–H groups in total. The van der Waals surface area contributed by atoms with Crippen molar-refractivity contribution in [2.24, 2.45) is 17.2 Å². The van der Waals surface area contributed by atoms with E-state index in [9.17, 15) is 9.59 Å². The number of ether oxygens (including phenoxy) is 1.